The number of aromatic nitrogens is 2. The lowest BCUT2D eigenvalue weighted by molar-refractivity contribution is 0.183. The van der Waals surface area contributed by atoms with E-state index < -0.39 is 0 Å². The van der Waals surface area contributed by atoms with Crippen LogP contribution in [0.5, 0.6) is 0 Å². The molecule has 0 saturated heterocycles. The molecule has 0 aliphatic carbocycles. The Morgan fingerprint density at radius 1 is 1.17 bits per heavy atom. The molecular weight excluding hydrogens is 228 g/mol. The molecule has 1 heterocycles. The first-order chi connectivity index (χ1) is 8.60. The maximum Gasteiger partial charge on any atom is 0.135 e. The molecule has 0 aromatic carbocycles. The number of aliphatic hydroxyl groups is 1. The molecule has 1 aromatic rings. The minimum absolute atomic E-state index is 0.321. The van der Waals surface area contributed by atoms with Gasteiger partial charge >= 0.3 is 0 Å². The molecule has 3 N–H and O–H groups in total. The van der Waals surface area contributed by atoms with Crippen LogP contribution in [0.15, 0.2) is 6.33 Å². The number of aliphatic hydroxyl groups excluding tert-OH is 1. The summed E-state index contributed by atoms with van der Waals surface area (Å²) < 4.78 is 0. The lowest BCUT2D eigenvalue weighted by atomic mass is 10.0. The van der Waals surface area contributed by atoms with Gasteiger partial charge in [0.2, 0.25) is 0 Å². The second kappa shape index (κ2) is 7.16. The zero-order chi connectivity index (χ0) is 13.5. The third kappa shape index (κ3) is 3.84. The van der Waals surface area contributed by atoms with Crippen LogP contribution in [0, 0.1) is 0 Å². The van der Waals surface area contributed by atoms with E-state index in [-0.39, 0.29) is 6.10 Å². The van der Waals surface area contributed by atoms with Crippen molar-refractivity contribution in [3.63, 3.8) is 0 Å². The molecule has 1 unspecified atom stereocenters. The Bertz CT molecular complexity index is 368. The number of hydrogen-bond acceptors (Lipinski definition) is 5. The summed E-state index contributed by atoms with van der Waals surface area (Å²) in [6, 6.07) is 0. The topological polar surface area (TPSA) is 70.1 Å². The summed E-state index contributed by atoms with van der Waals surface area (Å²) in [6.45, 7) is 9.56. The monoisotopic (exact) mass is 252 g/mol. The molecule has 5 nitrogen and oxygen atoms in total. The van der Waals surface area contributed by atoms with Gasteiger partial charge in [-0.3, -0.25) is 0 Å². The SMILES string of the molecule is CCNc1ncnc(NCC(O)CC)c1C(C)C. The van der Waals surface area contributed by atoms with Gasteiger partial charge in [-0.15, -0.1) is 0 Å². The zero-order valence-electron chi connectivity index (χ0n) is 11.7. The number of anilines is 2. The van der Waals surface area contributed by atoms with Crippen LogP contribution < -0.4 is 10.6 Å². The van der Waals surface area contributed by atoms with Crippen LogP contribution >= 0.6 is 0 Å². The largest absolute Gasteiger partial charge is 0.391 e. The van der Waals surface area contributed by atoms with Crippen molar-refractivity contribution in [1.82, 2.24) is 9.97 Å². The fraction of sp³-hybridized carbons (Fsp3) is 0.692. The van der Waals surface area contributed by atoms with Crippen molar-refractivity contribution < 1.29 is 5.11 Å². The van der Waals surface area contributed by atoms with Gasteiger partial charge in [0, 0.05) is 18.7 Å². The highest BCUT2D eigenvalue weighted by atomic mass is 16.3. The van der Waals surface area contributed by atoms with Gasteiger partial charge in [0.1, 0.15) is 18.0 Å². The van der Waals surface area contributed by atoms with Crippen molar-refractivity contribution in [3.05, 3.63) is 11.9 Å². The number of nitrogens with one attached hydrogen (secondary N) is 2. The van der Waals surface area contributed by atoms with Crippen molar-refractivity contribution in [1.29, 1.82) is 0 Å². The van der Waals surface area contributed by atoms with Crippen LogP contribution in [-0.4, -0.2) is 34.3 Å². The lowest BCUT2D eigenvalue weighted by Gasteiger charge is -2.18. The fourth-order valence-electron chi connectivity index (χ4n) is 1.75. The quantitative estimate of drug-likeness (QED) is 0.694. The summed E-state index contributed by atoms with van der Waals surface area (Å²) in [5.74, 6) is 2.00. The molecule has 18 heavy (non-hydrogen) atoms. The molecule has 1 atom stereocenters. The molecule has 0 amide bonds. The molecule has 102 valence electrons. The molecule has 0 radical (unpaired) electrons. The van der Waals surface area contributed by atoms with Crippen LogP contribution in [0.2, 0.25) is 0 Å². The summed E-state index contributed by atoms with van der Waals surface area (Å²) >= 11 is 0. The van der Waals surface area contributed by atoms with Crippen molar-refractivity contribution in [2.75, 3.05) is 23.7 Å². The van der Waals surface area contributed by atoms with Crippen LogP contribution in [0.25, 0.3) is 0 Å². The van der Waals surface area contributed by atoms with E-state index in [9.17, 15) is 5.11 Å². The molecule has 0 saturated carbocycles. The Hall–Kier alpha value is -1.36. The Kier molecular flexibility index (Phi) is 5.85. The van der Waals surface area contributed by atoms with Gasteiger partial charge < -0.3 is 15.7 Å². The first kappa shape index (κ1) is 14.7. The highest BCUT2D eigenvalue weighted by molar-refractivity contribution is 5.58. The Balaban J connectivity index is 2.92. The Morgan fingerprint density at radius 2 is 1.78 bits per heavy atom. The second-order valence-corrected chi connectivity index (χ2v) is 4.61. The van der Waals surface area contributed by atoms with Gasteiger partial charge in [-0.25, -0.2) is 9.97 Å². The van der Waals surface area contributed by atoms with E-state index in [1.54, 1.807) is 6.33 Å². The minimum Gasteiger partial charge on any atom is -0.391 e. The molecule has 0 aliphatic heterocycles. The minimum atomic E-state index is -0.345. The number of nitrogens with zero attached hydrogens (tertiary/aromatic N) is 2. The maximum absolute atomic E-state index is 9.60. The molecule has 0 bridgehead atoms. The molecule has 0 spiro atoms. The van der Waals surface area contributed by atoms with E-state index in [1.165, 1.54) is 0 Å². The van der Waals surface area contributed by atoms with E-state index in [0.717, 1.165) is 30.2 Å². The van der Waals surface area contributed by atoms with Crippen LogP contribution in [0.3, 0.4) is 0 Å². The molecule has 1 rings (SSSR count). The zero-order valence-corrected chi connectivity index (χ0v) is 11.7. The number of hydrogen-bond donors (Lipinski definition) is 3. The third-order valence-corrected chi connectivity index (χ3v) is 2.78. The predicted molar refractivity (Wildman–Crippen MR) is 75.1 cm³/mol. The summed E-state index contributed by atoms with van der Waals surface area (Å²) in [6.07, 6.45) is 1.93. The summed E-state index contributed by atoms with van der Waals surface area (Å²) in [4.78, 5) is 8.55. The van der Waals surface area contributed by atoms with Gasteiger partial charge in [-0.05, 0) is 19.3 Å². The van der Waals surface area contributed by atoms with Gasteiger partial charge in [0.05, 0.1) is 6.10 Å². The fourth-order valence-corrected chi connectivity index (χ4v) is 1.75. The highest BCUT2D eigenvalue weighted by Gasteiger charge is 2.14. The van der Waals surface area contributed by atoms with E-state index >= 15 is 0 Å². The predicted octanol–water partition coefficient (Wildman–Crippen LogP) is 2.21. The smallest absolute Gasteiger partial charge is 0.135 e. The average Bonchev–Trinajstić information content (AvgIpc) is 2.36. The van der Waals surface area contributed by atoms with E-state index in [4.69, 9.17) is 0 Å². The average molecular weight is 252 g/mol. The third-order valence-electron chi connectivity index (χ3n) is 2.78. The Morgan fingerprint density at radius 3 is 2.28 bits per heavy atom. The van der Waals surface area contributed by atoms with Crippen molar-refractivity contribution >= 4 is 11.6 Å². The van der Waals surface area contributed by atoms with E-state index in [0.29, 0.717) is 12.5 Å². The molecule has 5 heteroatoms. The molecule has 1 aromatic heterocycles. The molecule has 0 fully saturated rings. The van der Waals surface area contributed by atoms with Gasteiger partial charge in [-0.2, -0.15) is 0 Å². The highest BCUT2D eigenvalue weighted by Crippen LogP contribution is 2.28. The van der Waals surface area contributed by atoms with Crippen molar-refractivity contribution in [3.8, 4) is 0 Å². The summed E-state index contributed by atoms with van der Waals surface area (Å²) in [5.41, 5.74) is 1.07. The van der Waals surface area contributed by atoms with Gasteiger partial charge in [-0.1, -0.05) is 20.8 Å². The van der Waals surface area contributed by atoms with E-state index in [2.05, 4.69) is 34.4 Å². The summed E-state index contributed by atoms with van der Waals surface area (Å²) in [7, 11) is 0. The van der Waals surface area contributed by atoms with Crippen LogP contribution in [0.4, 0.5) is 11.6 Å². The van der Waals surface area contributed by atoms with Crippen LogP contribution in [-0.2, 0) is 0 Å². The standard InChI is InChI=1S/C13H24N4O/c1-5-10(18)7-15-13-11(9(3)4)12(14-6-2)16-8-17-13/h8-10,18H,5-7H2,1-4H3,(H2,14,15,16,17). The normalized spacial score (nSPS) is 12.6. The van der Waals surface area contributed by atoms with Gasteiger partial charge in [0.15, 0.2) is 0 Å². The van der Waals surface area contributed by atoms with Gasteiger partial charge in [0.25, 0.3) is 0 Å². The maximum atomic E-state index is 9.60. The second-order valence-electron chi connectivity index (χ2n) is 4.61. The molecular formula is C13H24N4O. The number of rotatable bonds is 7. The molecule has 0 aliphatic rings. The first-order valence-electron chi connectivity index (χ1n) is 6.60. The lowest BCUT2D eigenvalue weighted by Crippen LogP contribution is -2.20. The van der Waals surface area contributed by atoms with Crippen molar-refractivity contribution in [2.45, 2.75) is 46.1 Å². The van der Waals surface area contributed by atoms with E-state index in [1.807, 2.05) is 13.8 Å². The summed E-state index contributed by atoms with van der Waals surface area (Å²) in [5, 5.41) is 16.0. The van der Waals surface area contributed by atoms with Crippen molar-refractivity contribution in [2.24, 2.45) is 0 Å². The first-order valence-corrected chi connectivity index (χ1v) is 6.60. The van der Waals surface area contributed by atoms with Crippen LogP contribution in [0.1, 0.15) is 45.6 Å². The Labute approximate surface area is 109 Å².